The van der Waals surface area contributed by atoms with Crippen LogP contribution in [0.3, 0.4) is 0 Å². The molecule has 0 aliphatic carbocycles. The SMILES string of the molecule is COc1cc2n(c(=O)n1)CCc1cc(C)ccc1-2.c1ccc2c(c1)OCCO2. The summed E-state index contributed by atoms with van der Waals surface area (Å²) in [5.41, 5.74) is 4.28. The molecule has 0 amide bonds. The molecule has 0 fully saturated rings. The summed E-state index contributed by atoms with van der Waals surface area (Å²) in [6, 6.07) is 15.8. The number of hydrogen-bond donors (Lipinski definition) is 0. The molecule has 0 atom stereocenters. The van der Waals surface area contributed by atoms with Crippen LogP contribution >= 0.6 is 0 Å². The van der Waals surface area contributed by atoms with Crippen molar-refractivity contribution in [2.75, 3.05) is 20.3 Å². The minimum absolute atomic E-state index is 0.240. The van der Waals surface area contributed by atoms with Gasteiger partial charge in [0.1, 0.15) is 13.2 Å². The fourth-order valence-corrected chi connectivity index (χ4v) is 3.43. The second-order valence-electron chi connectivity index (χ2n) is 6.67. The molecule has 5 rings (SSSR count). The van der Waals surface area contributed by atoms with E-state index in [-0.39, 0.29) is 5.69 Å². The van der Waals surface area contributed by atoms with Crippen molar-refractivity contribution in [2.24, 2.45) is 0 Å². The van der Waals surface area contributed by atoms with Crippen LogP contribution in [0, 0.1) is 6.92 Å². The van der Waals surface area contributed by atoms with Crippen molar-refractivity contribution in [2.45, 2.75) is 19.9 Å². The molecule has 1 aromatic heterocycles. The van der Waals surface area contributed by atoms with Crippen LogP contribution in [0.25, 0.3) is 11.3 Å². The number of nitrogens with zero attached hydrogens (tertiary/aromatic N) is 2. The van der Waals surface area contributed by atoms with Crippen molar-refractivity contribution < 1.29 is 14.2 Å². The number of hydrogen-bond acceptors (Lipinski definition) is 5. The normalized spacial score (nSPS) is 13.5. The third-order valence-electron chi connectivity index (χ3n) is 4.79. The number of rotatable bonds is 1. The van der Waals surface area contributed by atoms with Gasteiger partial charge in [0.25, 0.3) is 0 Å². The van der Waals surface area contributed by atoms with Crippen molar-refractivity contribution in [3.8, 4) is 28.6 Å². The number of fused-ring (bicyclic) bond motifs is 4. The van der Waals surface area contributed by atoms with Gasteiger partial charge < -0.3 is 14.2 Å². The molecule has 28 heavy (non-hydrogen) atoms. The lowest BCUT2D eigenvalue weighted by Crippen LogP contribution is -2.28. The Kier molecular flexibility index (Phi) is 5.02. The Morgan fingerprint density at radius 2 is 1.75 bits per heavy atom. The lowest BCUT2D eigenvalue weighted by Gasteiger charge is -2.21. The highest BCUT2D eigenvalue weighted by atomic mass is 16.6. The maximum atomic E-state index is 11.9. The first-order valence-corrected chi connectivity index (χ1v) is 9.26. The van der Waals surface area contributed by atoms with Crippen LogP contribution in [0.1, 0.15) is 11.1 Å². The first kappa shape index (κ1) is 18.1. The Labute approximate surface area is 163 Å². The maximum Gasteiger partial charge on any atom is 0.351 e. The lowest BCUT2D eigenvalue weighted by molar-refractivity contribution is 0.171. The van der Waals surface area contributed by atoms with Gasteiger partial charge in [0, 0.05) is 18.2 Å². The molecule has 3 aromatic rings. The first-order valence-electron chi connectivity index (χ1n) is 9.26. The zero-order valence-electron chi connectivity index (χ0n) is 16.0. The van der Waals surface area contributed by atoms with Crippen LogP contribution in [0.5, 0.6) is 17.4 Å². The highest BCUT2D eigenvalue weighted by Crippen LogP contribution is 2.30. The topological polar surface area (TPSA) is 62.6 Å². The standard InChI is InChI=1S/C14H14N2O2.C8H8O2/c1-9-3-4-11-10(7-9)5-6-16-12(11)8-13(18-2)15-14(16)17;1-2-4-8-7(3-1)9-5-6-10-8/h3-4,7-8H,5-6H2,1-2H3;1-4H,5-6H2. The summed E-state index contributed by atoms with van der Waals surface area (Å²) < 4.78 is 17.4. The molecule has 3 heterocycles. The van der Waals surface area contributed by atoms with Crippen molar-refractivity contribution in [3.63, 3.8) is 0 Å². The summed E-state index contributed by atoms with van der Waals surface area (Å²) >= 11 is 0. The van der Waals surface area contributed by atoms with Gasteiger partial charge >= 0.3 is 5.69 Å². The van der Waals surface area contributed by atoms with E-state index in [9.17, 15) is 4.79 Å². The third kappa shape index (κ3) is 3.58. The van der Waals surface area contributed by atoms with Gasteiger partial charge in [0.15, 0.2) is 11.5 Å². The maximum absolute atomic E-state index is 11.9. The van der Waals surface area contributed by atoms with Crippen molar-refractivity contribution >= 4 is 0 Å². The molecule has 6 nitrogen and oxygen atoms in total. The Hall–Kier alpha value is -3.28. The highest BCUT2D eigenvalue weighted by molar-refractivity contribution is 5.66. The summed E-state index contributed by atoms with van der Waals surface area (Å²) in [4.78, 5) is 15.8. The predicted molar refractivity (Wildman–Crippen MR) is 106 cm³/mol. The lowest BCUT2D eigenvalue weighted by atomic mass is 9.96. The summed E-state index contributed by atoms with van der Waals surface area (Å²) in [6.45, 7) is 4.09. The number of benzene rings is 2. The van der Waals surface area contributed by atoms with Gasteiger partial charge in [0.05, 0.1) is 12.8 Å². The molecule has 0 radical (unpaired) electrons. The van der Waals surface area contributed by atoms with Crippen LogP contribution < -0.4 is 19.9 Å². The van der Waals surface area contributed by atoms with Crippen molar-refractivity contribution in [1.29, 1.82) is 0 Å². The minimum atomic E-state index is -0.240. The molecule has 2 aliphatic rings. The van der Waals surface area contributed by atoms with E-state index < -0.39 is 0 Å². The molecular formula is C22H22N2O4. The molecule has 6 heteroatoms. The molecule has 2 aromatic carbocycles. The fourth-order valence-electron chi connectivity index (χ4n) is 3.43. The molecule has 0 N–H and O–H groups in total. The summed E-state index contributed by atoms with van der Waals surface area (Å²) in [6.07, 6.45) is 0.873. The second-order valence-corrected chi connectivity index (χ2v) is 6.67. The van der Waals surface area contributed by atoms with Gasteiger partial charge in [-0.2, -0.15) is 4.98 Å². The van der Waals surface area contributed by atoms with E-state index in [0.29, 0.717) is 25.6 Å². The van der Waals surface area contributed by atoms with Crippen LogP contribution in [-0.4, -0.2) is 29.9 Å². The Morgan fingerprint density at radius 3 is 2.43 bits per heavy atom. The quantitative estimate of drug-likeness (QED) is 0.651. The molecule has 0 unspecified atom stereocenters. The molecule has 0 bridgehead atoms. The number of aryl methyl sites for hydroxylation is 2. The van der Waals surface area contributed by atoms with Gasteiger partial charge in [0.2, 0.25) is 5.88 Å². The number of methoxy groups -OCH3 is 1. The van der Waals surface area contributed by atoms with E-state index in [1.54, 1.807) is 4.57 Å². The molecule has 0 saturated heterocycles. The van der Waals surface area contributed by atoms with E-state index in [2.05, 4.69) is 30.1 Å². The van der Waals surface area contributed by atoms with E-state index >= 15 is 0 Å². The van der Waals surface area contributed by atoms with Gasteiger partial charge in [-0.15, -0.1) is 0 Å². The Balaban J connectivity index is 0.000000162. The second kappa shape index (κ2) is 7.76. The van der Waals surface area contributed by atoms with Crippen molar-refractivity contribution in [1.82, 2.24) is 9.55 Å². The van der Waals surface area contributed by atoms with Gasteiger partial charge in [-0.3, -0.25) is 4.57 Å². The zero-order chi connectivity index (χ0) is 19.5. The average Bonchev–Trinajstić information content (AvgIpc) is 2.73. The summed E-state index contributed by atoms with van der Waals surface area (Å²) in [5.74, 6) is 2.09. The minimum Gasteiger partial charge on any atom is -0.486 e. The predicted octanol–water partition coefficient (Wildman–Crippen LogP) is 3.24. The third-order valence-corrected chi connectivity index (χ3v) is 4.79. The Bertz CT molecular complexity index is 1030. The van der Waals surface area contributed by atoms with E-state index in [1.807, 2.05) is 30.3 Å². The summed E-state index contributed by atoms with van der Waals surface area (Å²) in [5, 5.41) is 0. The van der Waals surface area contributed by atoms with Crippen LogP contribution in [0.4, 0.5) is 0 Å². The molecular weight excluding hydrogens is 356 g/mol. The Morgan fingerprint density at radius 1 is 1.04 bits per heavy atom. The highest BCUT2D eigenvalue weighted by Gasteiger charge is 2.18. The van der Waals surface area contributed by atoms with Crippen molar-refractivity contribution in [3.05, 3.63) is 70.1 Å². The number of para-hydroxylation sites is 2. The monoisotopic (exact) mass is 378 g/mol. The van der Waals surface area contributed by atoms with E-state index in [0.717, 1.165) is 29.2 Å². The fraction of sp³-hybridized carbons (Fsp3) is 0.273. The van der Waals surface area contributed by atoms with Crippen LogP contribution in [0.15, 0.2) is 53.3 Å². The zero-order valence-corrected chi connectivity index (χ0v) is 16.0. The average molecular weight is 378 g/mol. The van der Waals surface area contributed by atoms with Gasteiger partial charge in [-0.1, -0.05) is 35.9 Å². The van der Waals surface area contributed by atoms with E-state index in [1.165, 1.54) is 18.2 Å². The molecule has 0 spiro atoms. The molecule has 0 saturated carbocycles. The van der Waals surface area contributed by atoms with Gasteiger partial charge in [-0.25, -0.2) is 4.79 Å². The smallest absolute Gasteiger partial charge is 0.351 e. The van der Waals surface area contributed by atoms with E-state index in [4.69, 9.17) is 14.2 Å². The largest absolute Gasteiger partial charge is 0.486 e. The number of ether oxygens (including phenoxy) is 3. The first-order chi connectivity index (χ1) is 13.7. The summed E-state index contributed by atoms with van der Waals surface area (Å²) in [7, 11) is 1.53. The molecule has 144 valence electrons. The number of aromatic nitrogens is 2. The van der Waals surface area contributed by atoms with Crippen LogP contribution in [-0.2, 0) is 13.0 Å². The van der Waals surface area contributed by atoms with Crippen LogP contribution in [0.2, 0.25) is 0 Å². The van der Waals surface area contributed by atoms with Gasteiger partial charge in [-0.05, 0) is 31.0 Å². The molecule has 2 aliphatic heterocycles.